The second kappa shape index (κ2) is 10.1. The summed E-state index contributed by atoms with van der Waals surface area (Å²) >= 11 is 0. The molecule has 0 unspecified atom stereocenters. The van der Waals surface area contributed by atoms with Gasteiger partial charge in [-0.3, -0.25) is 14.4 Å². The summed E-state index contributed by atoms with van der Waals surface area (Å²) in [6.45, 7) is 3.53. The van der Waals surface area contributed by atoms with Crippen molar-refractivity contribution in [3.8, 4) is 0 Å². The summed E-state index contributed by atoms with van der Waals surface area (Å²) in [7, 11) is 0. The Kier molecular flexibility index (Phi) is 6.49. The third kappa shape index (κ3) is 4.28. The van der Waals surface area contributed by atoms with E-state index in [2.05, 4.69) is 4.90 Å². The highest BCUT2D eigenvalue weighted by Gasteiger charge is 2.54. The zero-order valence-corrected chi connectivity index (χ0v) is 21.4. The van der Waals surface area contributed by atoms with Gasteiger partial charge in [0.15, 0.2) is 0 Å². The van der Waals surface area contributed by atoms with Crippen LogP contribution in [0.4, 0.5) is 5.69 Å². The van der Waals surface area contributed by atoms with Gasteiger partial charge in [-0.15, -0.1) is 0 Å². The Hall–Kier alpha value is -3.91. The zero-order chi connectivity index (χ0) is 26.1. The summed E-state index contributed by atoms with van der Waals surface area (Å²) < 4.78 is 5.38. The number of morpholine rings is 1. The van der Waals surface area contributed by atoms with Crippen molar-refractivity contribution in [2.75, 3.05) is 57.5 Å². The molecule has 0 saturated carbocycles. The number of carbonyl (C=O) groups excluding carboxylic acids is 3. The summed E-state index contributed by atoms with van der Waals surface area (Å²) in [4.78, 5) is 48.1. The van der Waals surface area contributed by atoms with Crippen molar-refractivity contribution in [1.82, 2.24) is 14.7 Å². The van der Waals surface area contributed by atoms with Crippen LogP contribution in [0.2, 0.25) is 0 Å². The monoisotopic (exact) mass is 512 g/mol. The molecule has 196 valence electrons. The van der Waals surface area contributed by atoms with Gasteiger partial charge in [-0.2, -0.15) is 0 Å². The lowest BCUT2D eigenvalue weighted by Gasteiger charge is -2.43. The first-order chi connectivity index (χ1) is 18.6. The Bertz CT molecular complexity index is 1340. The van der Waals surface area contributed by atoms with Crippen LogP contribution >= 0.6 is 0 Å². The standard InChI is InChI=1S/C30H32N4O4/c35-27(31-17-19-38-20-18-31)21-33-22-34(24-9-2-1-3-10-24)30(29(33)37)13-15-32(16-14-30)28(36)26-12-6-8-23-7-4-5-11-25(23)26/h1-12H,13-22H2. The van der Waals surface area contributed by atoms with Crippen molar-refractivity contribution in [3.63, 3.8) is 0 Å². The normalized spacial score (nSPS) is 19.4. The number of nitrogens with zero attached hydrogens (tertiary/aromatic N) is 4. The number of anilines is 1. The molecule has 0 aliphatic carbocycles. The lowest BCUT2D eigenvalue weighted by molar-refractivity contribution is -0.143. The van der Waals surface area contributed by atoms with Gasteiger partial charge in [-0.05, 0) is 41.8 Å². The minimum Gasteiger partial charge on any atom is -0.378 e. The predicted molar refractivity (Wildman–Crippen MR) is 145 cm³/mol. The number of carbonyl (C=O) groups is 3. The first kappa shape index (κ1) is 24.4. The van der Waals surface area contributed by atoms with Gasteiger partial charge in [0.05, 0.1) is 19.9 Å². The summed E-state index contributed by atoms with van der Waals surface area (Å²) in [6.07, 6.45) is 1.03. The van der Waals surface area contributed by atoms with E-state index in [0.717, 1.165) is 16.5 Å². The fraction of sp³-hybridized carbons (Fsp3) is 0.367. The summed E-state index contributed by atoms with van der Waals surface area (Å²) in [5.74, 6) is -0.0804. The van der Waals surface area contributed by atoms with E-state index < -0.39 is 5.54 Å². The average molecular weight is 513 g/mol. The molecule has 0 N–H and O–H groups in total. The molecule has 3 amide bonds. The number of fused-ring (bicyclic) bond motifs is 1. The molecule has 0 atom stereocenters. The van der Waals surface area contributed by atoms with Crippen LogP contribution in [0.15, 0.2) is 72.8 Å². The van der Waals surface area contributed by atoms with Crippen LogP contribution < -0.4 is 4.90 Å². The van der Waals surface area contributed by atoms with Crippen molar-refractivity contribution >= 4 is 34.2 Å². The zero-order valence-electron chi connectivity index (χ0n) is 21.4. The molecular formula is C30H32N4O4. The molecule has 3 aromatic rings. The molecule has 3 aliphatic heterocycles. The molecular weight excluding hydrogens is 480 g/mol. The highest BCUT2D eigenvalue weighted by atomic mass is 16.5. The van der Waals surface area contributed by atoms with E-state index in [1.165, 1.54) is 0 Å². The summed E-state index contributed by atoms with van der Waals surface area (Å²) in [5, 5.41) is 1.98. The Labute approximate surface area is 222 Å². The van der Waals surface area contributed by atoms with Gasteiger partial charge in [0.25, 0.3) is 11.8 Å². The molecule has 3 heterocycles. The number of para-hydroxylation sites is 1. The van der Waals surface area contributed by atoms with Crippen LogP contribution in [-0.2, 0) is 14.3 Å². The van der Waals surface area contributed by atoms with Crippen LogP contribution in [0.1, 0.15) is 23.2 Å². The minimum atomic E-state index is -0.776. The highest BCUT2D eigenvalue weighted by Crippen LogP contribution is 2.40. The van der Waals surface area contributed by atoms with E-state index in [0.29, 0.717) is 64.5 Å². The van der Waals surface area contributed by atoms with Crippen LogP contribution in [0, 0.1) is 0 Å². The minimum absolute atomic E-state index is 0.00675. The molecule has 3 aromatic carbocycles. The SMILES string of the molecule is O=C(CN1CN(c2ccccc2)C2(CCN(C(=O)c3cccc4ccccc34)CC2)C1=O)N1CCOCC1. The molecule has 0 bridgehead atoms. The Morgan fingerprint density at radius 1 is 0.789 bits per heavy atom. The van der Waals surface area contributed by atoms with Crippen LogP contribution in [0.3, 0.4) is 0 Å². The lowest BCUT2D eigenvalue weighted by atomic mass is 9.85. The van der Waals surface area contributed by atoms with Crippen molar-refractivity contribution < 1.29 is 19.1 Å². The predicted octanol–water partition coefficient (Wildman–Crippen LogP) is 2.98. The maximum Gasteiger partial charge on any atom is 0.254 e. The molecule has 3 aliphatic rings. The van der Waals surface area contributed by atoms with E-state index >= 15 is 0 Å². The number of benzene rings is 3. The maximum atomic E-state index is 14.0. The Balaban J connectivity index is 1.23. The van der Waals surface area contributed by atoms with E-state index in [4.69, 9.17) is 4.74 Å². The quantitative estimate of drug-likeness (QED) is 0.538. The van der Waals surface area contributed by atoms with Crippen LogP contribution in [0.25, 0.3) is 10.8 Å². The van der Waals surface area contributed by atoms with E-state index in [1.807, 2.05) is 77.7 Å². The summed E-state index contributed by atoms with van der Waals surface area (Å²) in [6, 6.07) is 23.6. The molecule has 38 heavy (non-hydrogen) atoms. The number of hydrogen-bond acceptors (Lipinski definition) is 5. The lowest BCUT2D eigenvalue weighted by Crippen LogP contribution is -2.57. The molecule has 8 nitrogen and oxygen atoms in total. The highest BCUT2D eigenvalue weighted by molar-refractivity contribution is 6.07. The second-order valence-corrected chi connectivity index (χ2v) is 10.3. The van der Waals surface area contributed by atoms with E-state index in [1.54, 1.807) is 9.80 Å². The molecule has 1 spiro atoms. The molecule has 8 heteroatoms. The fourth-order valence-electron chi connectivity index (χ4n) is 6.06. The summed E-state index contributed by atoms with van der Waals surface area (Å²) in [5.41, 5.74) is 0.868. The van der Waals surface area contributed by atoms with Crippen molar-refractivity contribution in [1.29, 1.82) is 0 Å². The van der Waals surface area contributed by atoms with Gasteiger partial charge in [0.2, 0.25) is 5.91 Å². The molecule has 3 saturated heterocycles. The number of ether oxygens (including phenoxy) is 1. The fourth-order valence-corrected chi connectivity index (χ4v) is 6.06. The van der Waals surface area contributed by atoms with Crippen LogP contribution in [0.5, 0.6) is 0 Å². The first-order valence-corrected chi connectivity index (χ1v) is 13.3. The number of likely N-dealkylation sites (tertiary alicyclic amines) is 1. The van der Waals surface area contributed by atoms with Gasteiger partial charge >= 0.3 is 0 Å². The third-order valence-corrected chi connectivity index (χ3v) is 8.17. The topological polar surface area (TPSA) is 73.4 Å². The van der Waals surface area contributed by atoms with Gasteiger partial charge in [0, 0.05) is 37.4 Å². The number of rotatable bonds is 4. The van der Waals surface area contributed by atoms with Crippen LogP contribution in [-0.4, -0.2) is 90.6 Å². The largest absolute Gasteiger partial charge is 0.378 e. The van der Waals surface area contributed by atoms with Crippen molar-refractivity contribution in [2.45, 2.75) is 18.4 Å². The van der Waals surface area contributed by atoms with Gasteiger partial charge < -0.3 is 24.3 Å². The van der Waals surface area contributed by atoms with Gasteiger partial charge in [0.1, 0.15) is 12.1 Å². The van der Waals surface area contributed by atoms with Gasteiger partial charge in [-0.25, -0.2) is 0 Å². The van der Waals surface area contributed by atoms with Crippen molar-refractivity contribution in [2.24, 2.45) is 0 Å². The average Bonchev–Trinajstić information content (AvgIpc) is 3.24. The van der Waals surface area contributed by atoms with E-state index in [9.17, 15) is 14.4 Å². The number of hydrogen-bond donors (Lipinski definition) is 0. The molecule has 3 fully saturated rings. The molecule has 6 rings (SSSR count). The maximum absolute atomic E-state index is 14.0. The Morgan fingerprint density at radius 2 is 1.47 bits per heavy atom. The van der Waals surface area contributed by atoms with E-state index in [-0.39, 0.29) is 24.3 Å². The third-order valence-electron chi connectivity index (χ3n) is 8.17. The van der Waals surface area contributed by atoms with Crippen molar-refractivity contribution in [3.05, 3.63) is 78.4 Å². The van der Waals surface area contributed by atoms with Gasteiger partial charge in [-0.1, -0.05) is 54.6 Å². The Morgan fingerprint density at radius 3 is 2.24 bits per heavy atom. The number of piperidine rings is 1. The molecule has 0 aromatic heterocycles. The number of amides is 3. The first-order valence-electron chi connectivity index (χ1n) is 13.3. The second-order valence-electron chi connectivity index (χ2n) is 10.3. The smallest absolute Gasteiger partial charge is 0.254 e. The molecule has 0 radical (unpaired) electrons.